The number of ether oxygens (including phenoxy) is 2. The summed E-state index contributed by atoms with van der Waals surface area (Å²) in [4.78, 5) is 35.2. The third-order valence-corrected chi connectivity index (χ3v) is 15.2. The molecular weight excluding hydrogens is 894 g/mol. The lowest BCUT2D eigenvalue weighted by molar-refractivity contribution is -0.161. The first-order chi connectivity index (χ1) is 34.3. The minimum Gasteiger partial charge on any atom is -0.462 e. The van der Waals surface area contributed by atoms with E-state index in [1.165, 1.54) is 276 Å². The Bertz CT molecular complexity index is 1110. The topological polar surface area (TPSA) is 134 Å². The number of phosphoric acid groups is 1. The van der Waals surface area contributed by atoms with Crippen molar-refractivity contribution < 1.29 is 37.6 Å². The van der Waals surface area contributed by atoms with Crippen LogP contribution in [0.2, 0.25) is 0 Å². The van der Waals surface area contributed by atoms with E-state index in [1.807, 2.05) is 0 Å². The van der Waals surface area contributed by atoms with Gasteiger partial charge in [0.2, 0.25) is 0 Å². The van der Waals surface area contributed by atoms with Gasteiger partial charge in [0.05, 0.1) is 13.2 Å². The molecule has 2 unspecified atom stereocenters. The number of esters is 2. The first-order valence-corrected chi connectivity index (χ1v) is 32.5. The number of hydrogen-bond acceptors (Lipinski definition) is 8. The van der Waals surface area contributed by atoms with Crippen LogP contribution < -0.4 is 5.73 Å². The van der Waals surface area contributed by atoms with Gasteiger partial charge in [0.1, 0.15) is 6.61 Å². The summed E-state index contributed by atoms with van der Waals surface area (Å²) in [6, 6.07) is 0. The van der Waals surface area contributed by atoms with Crippen LogP contribution in [0.3, 0.4) is 0 Å². The highest BCUT2D eigenvalue weighted by Gasteiger charge is 2.26. The Labute approximate surface area is 435 Å². The highest BCUT2D eigenvalue weighted by atomic mass is 31.2. The number of rotatable bonds is 60. The molecule has 0 aromatic heterocycles. The third-order valence-electron chi connectivity index (χ3n) is 14.2. The quantitative estimate of drug-likeness (QED) is 0.0347. The van der Waals surface area contributed by atoms with Crippen LogP contribution in [0.4, 0.5) is 0 Å². The number of phosphoric ester groups is 1. The smallest absolute Gasteiger partial charge is 0.462 e. The molecule has 0 rings (SSSR count). The molecule has 418 valence electrons. The molecule has 0 aliphatic rings. The first-order valence-electron chi connectivity index (χ1n) is 31.0. The Morgan fingerprint density at radius 2 is 0.614 bits per heavy atom. The van der Waals surface area contributed by atoms with Crippen LogP contribution in [0, 0.1) is 0 Å². The fourth-order valence-corrected chi connectivity index (χ4v) is 10.4. The molecule has 2 atom stereocenters. The van der Waals surface area contributed by atoms with Crippen LogP contribution in [0.15, 0.2) is 0 Å². The predicted octanol–water partition coefficient (Wildman–Crippen LogP) is 19.5. The average molecular weight is 1010 g/mol. The molecule has 0 amide bonds. The normalized spacial score (nSPS) is 12.9. The third kappa shape index (κ3) is 56.3. The minimum atomic E-state index is -4.38. The molecule has 3 N–H and O–H groups in total. The van der Waals surface area contributed by atoms with Crippen LogP contribution in [-0.2, 0) is 32.7 Å². The number of hydrogen-bond donors (Lipinski definition) is 2. The standard InChI is InChI=1S/C60H120NO8P/c1-3-5-7-9-11-13-15-17-19-21-23-25-26-27-28-29-30-31-33-35-37-39-41-43-45-47-49-51-53-60(63)69-58(57-68-70(64,65)67-55-54-61)56-66-59(62)52-50-48-46-44-42-40-38-36-34-32-24-22-20-18-16-14-12-10-8-6-4-2/h58H,3-57,61H2,1-2H3,(H,64,65). The average Bonchev–Trinajstić information content (AvgIpc) is 3.35. The number of unbranched alkanes of at least 4 members (excludes halogenated alkanes) is 47. The van der Waals surface area contributed by atoms with E-state index in [2.05, 4.69) is 13.8 Å². The van der Waals surface area contributed by atoms with Gasteiger partial charge in [-0.1, -0.05) is 316 Å². The lowest BCUT2D eigenvalue weighted by Gasteiger charge is -2.19. The molecule has 10 heteroatoms. The fourth-order valence-electron chi connectivity index (χ4n) is 9.64. The van der Waals surface area contributed by atoms with Gasteiger partial charge in [0, 0.05) is 19.4 Å². The van der Waals surface area contributed by atoms with E-state index in [9.17, 15) is 19.0 Å². The lowest BCUT2D eigenvalue weighted by Crippen LogP contribution is -2.29. The van der Waals surface area contributed by atoms with Crippen molar-refractivity contribution in [2.24, 2.45) is 5.73 Å². The summed E-state index contributed by atoms with van der Waals surface area (Å²) >= 11 is 0. The molecular formula is C60H120NO8P. The summed E-state index contributed by atoms with van der Waals surface area (Å²) < 4.78 is 33.1. The SMILES string of the molecule is CCCCCCCCCCCCCCCCCCCCCCCCCCCCCCC(=O)OC(COC(=O)CCCCCCCCCCCCCCCCCCCCCCC)COP(=O)(O)OCCN. The van der Waals surface area contributed by atoms with Gasteiger partial charge in [-0.25, -0.2) is 4.57 Å². The molecule has 0 radical (unpaired) electrons. The maximum Gasteiger partial charge on any atom is 0.472 e. The van der Waals surface area contributed by atoms with Crippen LogP contribution in [0.25, 0.3) is 0 Å². The molecule has 0 aliphatic carbocycles. The van der Waals surface area contributed by atoms with Gasteiger partial charge in [-0.3, -0.25) is 18.6 Å². The van der Waals surface area contributed by atoms with Crippen molar-refractivity contribution in [1.29, 1.82) is 0 Å². The fraction of sp³-hybridized carbons (Fsp3) is 0.967. The summed E-state index contributed by atoms with van der Waals surface area (Å²) in [7, 11) is -4.38. The van der Waals surface area contributed by atoms with Gasteiger partial charge < -0.3 is 20.1 Å². The van der Waals surface area contributed by atoms with E-state index in [4.69, 9.17) is 24.3 Å². The van der Waals surface area contributed by atoms with Gasteiger partial charge in [0.25, 0.3) is 0 Å². The Balaban J connectivity index is 3.86. The highest BCUT2D eigenvalue weighted by Crippen LogP contribution is 2.43. The van der Waals surface area contributed by atoms with Crippen molar-refractivity contribution in [3.63, 3.8) is 0 Å². The van der Waals surface area contributed by atoms with Crippen molar-refractivity contribution >= 4 is 19.8 Å². The Kier molecular flexibility index (Phi) is 56.5. The van der Waals surface area contributed by atoms with Crippen molar-refractivity contribution in [2.45, 2.75) is 347 Å². The molecule has 0 spiro atoms. The maximum absolute atomic E-state index is 12.7. The Morgan fingerprint density at radius 1 is 0.371 bits per heavy atom. The summed E-state index contributed by atoms with van der Waals surface area (Å²) in [5, 5.41) is 0. The molecule has 0 bridgehead atoms. The largest absolute Gasteiger partial charge is 0.472 e. The summed E-state index contributed by atoms with van der Waals surface area (Å²) in [6.07, 6.45) is 64.6. The van der Waals surface area contributed by atoms with Crippen molar-refractivity contribution in [2.75, 3.05) is 26.4 Å². The first kappa shape index (κ1) is 69.0. The molecule has 0 aliphatic heterocycles. The summed E-state index contributed by atoms with van der Waals surface area (Å²) in [5.41, 5.74) is 5.39. The number of carbonyl (C=O) groups is 2. The van der Waals surface area contributed by atoms with E-state index in [1.54, 1.807) is 0 Å². The van der Waals surface area contributed by atoms with E-state index < -0.39 is 26.5 Å². The van der Waals surface area contributed by atoms with E-state index in [-0.39, 0.29) is 38.6 Å². The van der Waals surface area contributed by atoms with Crippen LogP contribution in [0.1, 0.15) is 341 Å². The molecule has 0 heterocycles. The van der Waals surface area contributed by atoms with Crippen LogP contribution in [-0.4, -0.2) is 49.3 Å². The van der Waals surface area contributed by atoms with Crippen molar-refractivity contribution in [1.82, 2.24) is 0 Å². The molecule has 0 fully saturated rings. The lowest BCUT2D eigenvalue weighted by atomic mass is 10.0. The minimum absolute atomic E-state index is 0.0587. The van der Waals surface area contributed by atoms with Crippen molar-refractivity contribution in [3.05, 3.63) is 0 Å². The molecule has 0 aromatic rings. The number of carbonyl (C=O) groups excluding carboxylic acids is 2. The Morgan fingerprint density at radius 3 is 0.871 bits per heavy atom. The van der Waals surface area contributed by atoms with E-state index in [0.717, 1.165) is 32.1 Å². The van der Waals surface area contributed by atoms with E-state index in [0.29, 0.717) is 6.42 Å². The molecule has 0 saturated carbocycles. The van der Waals surface area contributed by atoms with Gasteiger partial charge in [0.15, 0.2) is 6.10 Å². The second-order valence-electron chi connectivity index (χ2n) is 21.3. The van der Waals surface area contributed by atoms with Crippen LogP contribution in [0.5, 0.6) is 0 Å². The molecule has 0 saturated heterocycles. The second-order valence-corrected chi connectivity index (χ2v) is 22.8. The van der Waals surface area contributed by atoms with Gasteiger partial charge in [-0.2, -0.15) is 0 Å². The summed E-state index contributed by atoms with van der Waals surface area (Å²) in [6.45, 7) is 3.83. The van der Waals surface area contributed by atoms with Crippen LogP contribution >= 0.6 is 7.82 Å². The van der Waals surface area contributed by atoms with Gasteiger partial charge in [-0.15, -0.1) is 0 Å². The zero-order valence-electron chi connectivity index (χ0n) is 46.8. The monoisotopic (exact) mass is 1010 g/mol. The molecule has 70 heavy (non-hydrogen) atoms. The second kappa shape index (κ2) is 57.3. The van der Waals surface area contributed by atoms with E-state index >= 15 is 0 Å². The molecule has 0 aromatic carbocycles. The molecule has 9 nitrogen and oxygen atoms in total. The van der Waals surface area contributed by atoms with Crippen molar-refractivity contribution in [3.8, 4) is 0 Å². The zero-order chi connectivity index (χ0) is 51.0. The maximum atomic E-state index is 12.7. The zero-order valence-corrected chi connectivity index (χ0v) is 47.7. The van der Waals surface area contributed by atoms with Gasteiger partial charge >= 0.3 is 19.8 Å². The Hall–Kier alpha value is -0.990. The van der Waals surface area contributed by atoms with Gasteiger partial charge in [-0.05, 0) is 12.8 Å². The number of nitrogens with two attached hydrogens (primary N) is 1. The highest BCUT2D eigenvalue weighted by molar-refractivity contribution is 7.47. The predicted molar refractivity (Wildman–Crippen MR) is 298 cm³/mol. The summed E-state index contributed by atoms with van der Waals surface area (Å²) in [5.74, 6) is -0.800.